The summed E-state index contributed by atoms with van der Waals surface area (Å²) in [5.41, 5.74) is 2.94. The van der Waals surface area contributed by atoms with Gasteiger partial charge < -0.3 is 15.2 Å². The molecule has 2 aromatic heterocycles. The van der Waals surface area contributed by atoms with E-state index in [0.29, 0.717) is 37.2 Å². The number of likely N-dealkylation sites (tertiary alicyclic amines) is 1. The van der Waals surface area contributed by atoms with Crippen molar-refractivity contribution in [2.45, 2.75) is 25.8 Å². The topological polar surface area (TPSA) is 100 Å². The number of benzene rings is 1. The number of nitrogens with zero attached hydrogens (tertiary/aromatic N) is 3. The first-order chi connectivity index (χ1) is 14.9. The Kier molecular flexibility index (Phi) is 5.70. The van der Waals surface area contributed by atoms with Crippen molar-refractivity contribution in [2.75, 3.05) is 13.1 Å². The third-order valence-corrected chi connectivity index (χ3v) is 5.55. The van der Waals surface area contributed by atoms with Gasteiger partial charge in [-0.05, 0) is 43.5 Å². The van der Waals surface area contributed by atoms with E-state index in [2.05, 4.69) is 15.4 Å². The lowest BCUT2D eigenvalue weighted by atomic mass is 10.0. The predicted octanol–water partition coefficient (Wildman–Crippen LogP) is 2.12. The highest BCUT2D eigenvalue weighted by Gasteiger charge is 2.26. The molecule has 1 aliphatic rings. The summed E-state index contributed by atoms with van der Waals surface area (Å²) in [5, 5.41) is 7.00. The monoisotopic (exact) mass is 419 g/mol. The molecule has 0 bridgehead atoms. The summed E-state index contributed by atoms with van der Waals surface area (Å²) in [6, 6.07) is 11.2. The van der Waals surface area contributed by atoms with Gasteiger partial charge in [-0.25, -0.2) is 0 Å². The minimum absolute atomic E-state index is 0.0151. The fourth-order valence-corrected chi connectivity index (χ4v) is 3.83. The summed E-state index contributed by atoms with van der Waals surface area (Å²) in [6.45, 7) is 2.95. The van der Waals surface area contributed by atoms with Crippen molar-refractivity contribution in [3.63, 3.8) is 0 Å². The number of aryl methyl sites for hydroxylation is 2. The second-order valence-corrected chi connectivity index (χ2v) is 7.93. The first-order valence-corrected chi connectivity index (χ1v) is 10.3. The SMILES string of the molecule is Cc1cccc(-c2ccc(C(=O)N3CCC(NC(=O)c4cnn(C)c4)CC3)c(=O)[nH]2)c1. The Balaban J connectivity index is 1.38. The van der Waals surface area contributed by atoms with E-state index in [4.69, 9.17) is 0 Å². The lowest BCUT2D eigenvalue weighted by Crippen LogP contribution is -2.47. The van der Waals surface area contributed by atoms with Gasteiger partial charge in [0.25, 0.3) is 17.4 Å². The molecular formula is C23H25N5O3. The largest absolute Gasteiger partial charge is 0.349 e. The quantitative estimate of drug-likeness (QED) is 0.677. The molecule has 0 saturated carbocycles. The molecule has 160 valence electrons. The molecule has 0 spiro atoms. The Hall–Kier alpha value is -3.68. The molecule has 0 unspecified atom stereocenters. The van der Waals surface area contributed by atoms with Crippen molar-refractivity contribution in [3.05, 3.63) is 75.8 Å². The third kappa shape index (κ3) is 4.58. The van der Waals surface area contributed by atoms with E-state index in [0.717, 1.165) is 11.1 Å². The average Bonchev–Trinajstić information content (AvgIpc) is 3.20. The number of hydrogen-bond donors (Lipinski definition) is 2. The van der Waals surface area contributed by atoms with Gasteiger partial charge in [0, 0.05) is 38.1 Å². The van der Waals surface area contributed by atoms with E-state index in [1.165, 1.54) is 6.20 Å². The van der Waals surface area contributed by atoms with Gasteiger partial charge in [0.05, 0.1) is 11.8 Å². The zero-order valence-corrected chi connectivity index (χ0v) is 17.6. The van der Waals surface area contributed by atoms with E-state index < -0.39 is 5.56 Å². The van der Waals surface area contributed by atoms with E-state index in [1.807, 2.05) is 31.2 Å². The van der Waals surface area contributed by atoms with E-state index >= 15 is 0 Å². The first kappa shape index (κ1) is 20.6. The lowest BCUT2D eigenvalue weighted by Gasteiger charge is -2.32. The summed E-state index contributed by atoms with van der Waals surface area (Å²) >= 11 is 0. The van der Waals surface area contributed by atoms with E-state index in [1.54, 1.807) is 35.0 Å². The Labute approximate surface area is 179 Å². The van der Waals surface area contributed by atoms with Gasteiger partial charge in [-0.2, -0.15) is 5.10 Å². The molecule has 1 fully saturated rings. The minimum atomic E-state index is -0.393. The zero-order valence-electron chi connectivity index (χ0n) is 17.6. The Morgan fingerprint density at radius 3 is 2.58 bits per heavy atom. The number of rotatable bonds is 4. The van der Waals surface area contributed by atoms with Crippen LogP contribution >= 0.6 is 0 Å². The average molecular weight is 419 g/mol. The van der Waals surface area contributed by atoms with Crippen LogP contribution in [0.4, 0.5) is 0 Å². The highest BCUT2D eigenvalue weighted by Crippen LogP contribution is 2.18. The summed E-state index contributed by atoms with van der Waals surface area (Å²) in [4.78, 5) is 42.3. The molecule has 8 nitrogen and oxygen atoms in total. The van der Waals surface area contributed by atoms with Crippen LogP contribution in [0.2, 0.25) is 0 Å². The molecule has 3 heterocycles. The highest BCUT2D eigenvalue weighted by atomic mass is 16.2. The van der Waals surface area contributed by atoms with Crippen LogP contribution in [0.25, 0.3) is 11.3 Å². The third-order valence-electron chi connectivity index (χ3n) is 5.55. The Morgan fingerprint density at radius 1 is 1.16 bits per heavy atom. The summed E-state index contributed by atoms with van der Waals surface area (Å²) in [5.74, 6) is -0.449. The van der Waals surface area contributed by atoms with Gasteiger partial charge in [-0.15, -0.1) is 0 Å². The number of aromatic amines is 1. The van der Waals surface area contributed by atoms with Gasteiger partial charge in [0.1, 0.15) is 5.56 Å². The molecule has 0 atom stereocenters. The normalized spacial score (nSPS) is 14.5. The molecule has 1 saturated heterocycles. The van der Waals surface area contributed by atoms with E-state index in [9.17, 15) is 14.4 Å². The molecule has 4 rings (SSSR count). The number of H-pyrrole nitrogens is 1. The second kappa shape index (κ2) is 8.59. The van der Waals surface area contributed by atoms with Crippen LogP contribution in [-0.2, 0) is 7.05 Å². The molecule has 0 aliphatic carbocycles. The molecule has 3 aromatic rings. The molecule has 0 radical (unpaired) electrons. The zero-order chi connectivity index (χ0) is 22.0. The minimum Gasteiger partial charge on any atom is -0.349 e. The van der Waals surface area contributed by atoms with Crippen molar-refractivity contribution in [1.29, 1.82) is 0 Å². The van der Waals surface area contributed by atoms with E-state index in [-0.39, 0.29) is 23.4 Å². The van der Waals surface area contributed by atoms with Gasteiger partial charge in [0.2, 0.25) is 0 Å². The summed E-state index contributed by atoms with van der Waals surface area (Å²) in [6.07, 6.45) is 4.47. The first-order valence-electron chi connectivity index (χ1n) is 10.3. The van der Waals surface area contributed by atoms with Crippen LogP contribution in [0.1, 0.15) is 39.1 Å². The molecule has 1 aliphatic heterocycles. The maximum Gasteiger partial charge on any atom is 0.261 e. The number of carbonyl (C=O) groups excluding carboxylic acids is 2. The van der Waals surface area contributed by atoms with Crippen molar-refractivity contribution in [1.82, 2.24) is 25.0 Å². The van der Waals surface area contributed by atoms with Crippen LogP contribution in [0, 0.1) is 6.92 Å². The number of piperidine rings is 1. The molecular weight excluding hydrogens is 394 g/mol. The van der Waals surface area contributed by atoms with Crippen molar-refractivity contribution in [3.8, 4) is 11.3 Å². The number of hydrogen-bond acceptors (Lipinski definition) is 4. The molecule has 1 aromatic carbocycles. The lowest BCUT2D eigenvalue weighted by molar-refractivity contribution is 0.0696. The maximum atomic E-state index is 12.9. The Bertz CT molecular complexity index is 1170. The highest BCUT2D eigenvalue weighted by molar-refractivity contribution is 5.95. The van der Waals surface area contributed by atoms with Crippen LogP contribution in [0.15, 0.2) is 53.6 Å². The number of aromatic nitrogens is 3. The van der Waals surface area contributed by atoms with Gasteiger partial charge in [-0.1, -0.05) is 23.8 Å². The van der Waals surface area contributed by atoms with Crippen molar-refractivity contribution >= 4 is 11.8 Å². The van der Waals surface area contributed by atoms with Crippen LogP contribution in [0.5, 0.6) is 0 Å². The predicted molar refractivity (Wildman–Crippen MR) is 117 cm³/mol. The summed E-state index contributed by atoms with van der Waals surface area (Å²) in [7, 11) is 1.76. The summed E-state index contributed by atoms with van der Waals surface area (Å²) < 4.78 is 1.58. The molecule has 8 heteroatoms. The number of carbonyl (C=O) groups is 2. The van der Waals surface area contributed by atoms with Gasteiger partial charge in [-0.3, -0.25) is 19.1 Å². The van der Waals surface area contributed by atoms with Crippen molar-refractivity contribution in [2.24, 2.45) is 7.05 Å². The fourth-order valence-electron chi connectivity index (χ4n) is 3.83. The number of pyridine rings is 1. The van der Waals surface area contributed by atoms with Crippen LogP contribution in [-0.4, -0.2) is 50.6 Å². The van der Waals surface area contributed by atoms with Gasteiger partial charge >= 0.3 is 0 Å². The standard InChI is InChI=1S/C23H25N5O3/c1-15-4-3-5-16(12-15)20-7-6-19(22(30)26-20)23(31)28-10-8-18(9-11-28)25-21(29)17-13-24-27(2)14-17/h3-7,12-14,18H,8-11H2,1-2H3,(H,25,29)(H,26,30). The molecule has 31 heavy (non-hydrogen) atoms. The fraction of sp³-hybridized carbons (Fsp3) is 0.304. The molecule has 2 N–H and O–H groups in total. The van der Waals surface area contributed by atoms with Gasteiger partial charge in [0.15, 0.2) is 0 Å². The smallest absolute Gasteiger partial charge is 0.261 e. The van der Waals surface area contributed by atoms with Crippen molar-refractivity contribution < 1.29 is 9.59 Å². The maximum absolute atomic E-state index is 12.9. The second-order valence-electron chi connectivity index (χ2n) is 7.93. The Morgan fingerprint density at radius 2 is 1.94 bits per heavy atom. The van der Waals surface area contributed by atoms with Crippen LogP contribution < -0.4 is 10.9 Å². The number of amides is 2. The number of nitrogens with one attached hydrogen (secondary N) is 2. The molecule has 2 amide bonds. The van der Waals surface area contributed by atoms with Crippen LogP contribution in [0.3, 0.4) is 0 Å².